The van der Waals surface area contributed by atoms with Crippen LogP contribution in [0.4, 0.5) is 11.4 Å². The molecular formula is C12H9ClN2O5S. The second-order valence-corrected chi connectivity index (χ2v) is 6.12. The van der Waals surface area contributed by atoms with E-state index < -0.39 is 14.9 Å². The number of sulfonamides is 1. The van der Waals surface area contributed by atoms with Crippen LogP contribution in [-0.4, -0.2) is 18.4 Å². The number of nitro benzene ring substituents is 1. The summed E-state index contributed by atoms with van der Waals surface area (Å²) in [5.41, 5.74) is -0.203. The summed E-state index contributed by atoms with van der Waals surface area (Å²) in [5, 5.41) is 19.9. The Morgan fingerprint density at radius 3 is 2.52 bits per heavy atom. The van der Waals surface area contributed by atoms with E-state index in [0.717, 1.165) is 6.07 Å². The highest BCUT2D eigenvalue weighted by Gasteiger charge is 2.18. The minimum Gasteiger partial charge on any atom is -0.506 e. The highest BCUT2D eigenvalue weighted by molar-refractivity contribution is 7.92. The molecule has 0 amide bonds. The molecular weight excluding hydrogens is 320 g/mol. The zero-order valence-corrected chi connectivity index (χ0v) is 11.9. The lowest BCUT2D eigenvalue weighted by molar-refractivity contribution is -0.385. The van der Waals surface area contributed by atoms with Crippen molar-refractivity contribution in [3.05, 3.63) is 57.6 Å². The van der Waals surface area contributed by atoms with Crippen molar-refractivity contribution in [2.24, 2.45) is 0 Å². The summed E-state index contributed by atoms with van der Waals surface area (Å²) in [7, 11) is -3.99. The van der Waals surface area contributed by atoms with Gasteiger partial charge in [0.1, 0.15) is 5.75 Å². The third-order valence-corrected chi connectivity index (χ3v) is 4.22. The number of phenols is 1. The van der Waals surface area contributed by atoms with Crippen LogP contribution in [0, 0.1) is 10.1 Å². The first-order valence-electron chi connectivity index (χ1n) is 5.55. The largest absolute Gasteiger partial charge is 0.506 e. The Morgan fingerprint density at radius 1 is 1.19 bits per heavy atom. The van der Waals surface area contributed by atoms with E-state index in [4.69, 9.17) is 11.6 Å². The first-order chi connectivity index (χ1) is 9.79. The molecule has 7 nitrogen and oxygen atoms in total. The maximum absolute atomic E-state index is 12.1. The van der Waals surface area contributed by atoms with Gasteiger partial charge in [-0.1, -0.05) is 17.7 Å². The van der Waals surface area contributed by atoms with E-state index >= 15 is 0 Å². The van der Waals surface area contributed by atoms with Crippen molar-refractivity contribution in [3.63, 3.8) is 0 Å². The molecule has 0 heterocycles. The second-order valence-electron chi connectivity index (χ2n) is 4.03. The van der Waals surface area contributed by atoms with Gasteiger partial charge in [-0.25, -0.2) is 8.42 Å². The van der Waals surface area contributed by atoms with Crippen LogP contribution in [0.15, 0.2) is 47.4 Å². The first-order valence-corrected chi connectivity index (χ1v) is 7.41. The van der Waals surface area contributed by atoms with Crippen LogP contribution in [0.5, 0.6) is 5.75 Å². The number of nitrogens with one attached hydrogen (secondary N) is 1. The molecule has 0 spiro atoms. The third kappa shape index (κ3) is 3.41. The number of rotatable bonds is 4. The fourth-order valence-corrected chi connectivity index (χ4v) is 2.82. The van der Waals surface area contributed by atoms with E-state index in [1.807, 2.05) is 0 Å². The summed E-state index contributed by atoms with van der Waals surface area (Å²) in [5.74, 6) is -0.185. The Labute approximate surface area is 125 Å². The minimum absolute atomic E-state index is 0.0192. The molecule has 2 aromatic carbocycles. The van der Waals surface area contributed by atoms with Gasteiger partial charge in [-0.2, -0.15) is 0 Å². The average molecular weight is 329 g/mol. The summed E-state index contributed by atoms with van der Waals surface area (Å²) in [4.78, 5) is 9.73. The summed E-state index contributed by atoms with van der Waals surface area (Å²) in [6.45, 7) is 0. The van der Waals surface area contributed by atoms with Crippen molar-refractivity contribution in [2.45, 2.75) is 4.90 Å². The minimum atomic E-state index is -3.99. The van der Waals surface area contributed by atoms with Gasteiger partial charge in [-0.3, -0.25) is 14.8 Å². The van der Waals surface area contributed by atoms with Crippen LogP contribution in [0.3, 0.4) is 0 Å². The smallest absolute Gasteiger partial charge is 0.270 e. The molecule has 2 rings (SSSR count). The van der Waals surface area contributed by atoms with Crippen LogP contribution in [0.1, 0.15) is 0 Å². The number of nitro groups is 1. The third-order valence-electron chi connectivity index (χ3n) is 2.54. The Kier molecular flexibility index (Phi) is 4.01. The molecule has 0 aromatic heterocycles. The molecule has 21 heavy (non-hydrogen) atoms. The van der Waals surface area contributed by atoms with E-state index in [1.165, 1.54) is 36.4 Å². The van der Waals surface area contributed by atoms with Crippen LogP contribution in [0.25, 0.3) is 0 Å². The summed E-state index contributed by atoms with van der Waals surface area (Å²) in [6.07, 6.45) is 0. The van der Waals surface area contributed by atoms with Gasteiger partial charge in [-0.05, 0) is 24.3 Å². The number of non-ortho nitro benzene ring substituents is 1. The molecule has 0 saturated carbocycles. The number of hydrogen-bond donors (Lipinski definition) is 2. The molecule has 9 heteroatoms. The molecule has 2 N–H and O–H groups in total. The molecule has 0 aliphatic carbocycles. The van der Waals surface area contributed by atoms with Gasteiger partial charge in [0.25, 0.3) is 15.7 Å². The molecule has 0 saturated heterocycles. The highest BCUT2D eigenvalue weighted by atomic mass is 35.5. The number of aromatic hydroxyl groups is 1. The lowest BCUT2D eigenvalue weighted by Gasteiger charge is -2.08. The van der Waals surface area contributed by atoms with E-state index in [0.29, 0.717) is 0 Å². The maximum atomic E-state index is 12.1. The normalized spacial score (nSPS) is 11.1. The van der Waals surface area contributed by atoms with Crippen molar-refractivity contribution in [1.29, 1.82) is 0 Å². The van der Waals surface area contributed by atoms with Crippen molar-refractivity contribution >= 4 is 33.0 Å². The Hall–Kier alpha value is -2.32. The number of anilines is 1. The number of phenolic OH excluding ortho intramolecular Hbond substituents is 1. The summed E-state index contributed by atoms with van der Waals surface area (Å²) in [6, 6.07) is 8.42. The van der Waals surface area contributed by atoms with Gasteiger partial charge >= 0.3 is 0 Å². The monoisotopic (exact) mass is 328 g/mol. The maximum Gasteiger partial charge on any atom is 0.270 e. The Bertz CT molecular complexity index is 807. The lowest BCUT2D eigenvalue weighted by Crippen LogP contribution is -2.13. The van der Waals surface area contributed by atoms with Crippen molar-refractivity contribution in [3.8, 4) is 5.75 Å². The second kappa shape index (κ2) is 5.58. The van der Waals surface area contributed by atoms with Crippen molar-refractivity contribution in [2.75, 3.05) is 4.72 Å². The highest BCUT2D eigenvalue weighted by Crippen LogP contribution is 2.27. The quantitative estimate of drug-likeness (QED) is 0.509. The molecule has 0 fully saturated rings. The van der Waals surface area contributed by atoms with Gasteiger partial charge in [0.15, 0.2) is 0 Å². The van der Waals surface area contributed by atoms with E-state index in [-0.39, 0.29) is 27.0 Å². The Balaban J connectivity index is 2.36. The zero-order chi connectivity index (χ0) is 15.6. The molecule has 0 aliphatic rings. The molecule has 0 radical (unpaired) electrons. The van der Waals surface area contributed by atoms with Gasteiger partial charge < -0.3 is 5.11 Å². The van der Waals surface area contributed by atoms with Gasteiger partial charge in [0.05, 0.1) is 20.5 Å². The van der Waals surface area contributed by atoms with E-state index in [2.05, 4.69) is 4.72 Å². The van der Waals surface area contributed by atoms with Crippen molar-refractivity contribution in [1.82, 2.24) is 0 Å². The number of benzene rings is 2. The van der Waals surface area contributed by atoms with Crippen LogP contribution in [-0.2, 0) is 10.0 Å². The molecule has 110 valence electrons. The van der Waals surface area contributed by atoms with Crippen LogP contribution >= 0.6 is 11.6 Å². The first kappa shape index (κ1) is 15.1. The fourth-order valence-electron chi connectivity index (χ4n) is 1.55. The average Bonchev–Trinajstić information content (AvgIpc) is 2.43. The SMILES string of the molecule is O=[N+]([O-])c1cccc(S(=O)(=O)Nc2ccc(O)c(Cl)c2)c1. The van der Waals surface area contributed by atoms with Crippen molar-refractivity contribution < 1.29 is 18.4 Å². The van der Waals surface area contributed by atoms with Gasteiger partial charge in [0.2, 0.25) is 0 Å². The molecule has 0 atom stereocenters. The molecule has 0 unspecified atom stereocenters. The standard InChI is InChI=1S/C12H9ClN2O5S/c13-11-6-8(4-5-12(11)16)14-21(19,20)10-3-1-2-9(7-10)15(17)18/h1-7,14,16H. The molecule has 2 aromatic rings. The predicted octanol–water partition coefficient (Wildman–Crippen LogP) is 2.75. The number of hydrogen-bond acceptors (Lipinski definition) is 5. The summed E-state index contributed by atoms with van der Waals surface area (Å²) < 4.78 is 26.5. The lowest BCUT2D eigenvalue weighted by atomic mass is 10.3. The number of halogens is 1. The van der Waals surface area contributed by atoms with Crippen LogP contribution < -0.4 is 4.72 Å². The van der Waals surface area contributed by atoms with E-state index in [9.17, 15) is 23.6 Å². The molecule has 0 bridgehead atoms. The van der Waals surface area contributed by atoms with Gasteiger partial charge in [-0.15, -0.1) is 0 Å². The Morgan fingerprint density at radius 2 is 1.90 bits per heavy atom. The zero-order valence-electron chi connectivity index (χ0n) is 10.4. The number of nitrogens with zero attached hydrogens (tertiary/aromatic N) is 1. The van der Waals surface area contributed by atoms with Gasteiger partial charge in [0, 0.05) is 12.1 Å². The topological polar surface area (TPSA) is 110 Å². The molecule has 0 aliphatic heterocycles. The fraction of sp³-hybridized carbons (Fsp3) is 0. The van der Waals surface area contributed by atoms with E-state index in [1.54, 1.807) is 0 Å². The van der Waals surface area contributed by atoms with Crippen LogP contribution in [0.2, 0.25) is 5.02 Å². The summed E-state index contributed by atoms with van der Waals surface area (Å²) >= 11 is 5.68. The predicted molar refractivity (Wildman–Crippen MR) is 77.0 cm³/mol.